The van der Waals surface area contributed by atoms with Gasteiger partial charge in [-0.15, -0.1) is 0 Å². The second-order valence-electron chi connectivity index (χ2n) is 1.72. The van der Waals surface area contributed by atoms with Gasteiger partial charge < -0.3 is 59.4 Å². The third-order valence-corrected chi connectivity index (χ3v) is 0.500. The van der Waals surface area contributed by atoms with Crippen LogP contribution in [0.2, 0.25) is 0 Å². The quantitative estimate of drug-likeness (QED) is 0.298. The molecule has 0 rings (SSSR count). The summed E-state index contributed by atoms with van der Waals surface area (Å²) in [7, 11) is 0. The Bertz CT molecular complexity index is 289. The fraction of sp³-hybridized carbons (Fsp3) is 0. The van der Waals surface area contributed by atoms with Crippen LogP contribution >= 0.6 is 0 Å². The van der Waals surface area contributed by atoms with Crippen molar-refractivity contribution in [3.8, 4) is 0 Å². The van der Waals surface area contributed by atoms with Gasteiger partial charge in [-0.1, -0.05) is 0 Å². The molecule has 0 N–H and O–H groups in total. The molecule has 0 amide bonds. The standard InChI is InChI=1S/3C2H2O4.B.Ca.Li/c3*3-1(4)2(5)6;;;/h3*(H,3,4)(H,5,6);;;/q;;;+3;+2;+1/p-6. The summed E-state index contributed by atoms with van der Waals surface area (Å²) in [6, 6.07) is 0. The Morgan fingerprint density at radius 3 is 0.476 bits per heavy atom. The van der Waals surface area contributed by atoms with Gasteiger partial charge in [-0.2, -0.15) is 0 Å². The Hall–Kier alpha value is -1.26. The molecule has 21 heavy (non-hydrogen) atoms. The summed E-state index contributed by atoms with van der Waals surface area (Å²) in [6.45, 7) is 0. The molecule has 0 atom stereocenters. The van der Waals surface area contributed by atoms with Gasteiger partial charge in [-0.25, -0.2) is 0 Å². The second-order valence-corrected chi connectivity index (χ2v) is 1.72. The third-order valence-electron chi connectivity index (χ3n) is 0.500. The predicted molar refractivity (Wildman–Crippen MR) is 41.5 cm³/mol. The van der Waals surface area contributed by atoms with Crippen LogP contribution in [0.15, 0.2) is 0 Å². The Balaban J connectivity index is -0.0000000375. The normalized spacial score (nSPS) is 6.29. The predicted octanol–water partition coefficient (Wildman–Crippen LogP) is -14.3. The van der Waals surface area contributed by atoms with E-state index in [0.29, 0.717) is 0 Å². The summed E-state index contributed by atoms with van der Waals surface area (Å²) in [5.41, 5.74) is 0. The molecular formula is C6BCaLiO12. The van der Waals surface area contributed by atoms with E-state index >= 15 is 0 Å². The van der Waals surface area contributed by atoms with Gasteiger partial charge in [0.05, 0.1) is 35.8 Å². The zero-order valence-corrected chi connectivity index (χ0v) is 12.4. The summed E-state index contributed by atoms with van der Waals surface area (Å²) in [5.74, 6) is -13.1. The molecule has 0 unspecified atom stereocenters. The van der Waals surface area contributed by atoms with E-state index < -0.39 is 35.8 Å². The summed E-state index contributed by atoms with van der Waals surface area (Å²) in [6.07, 6.45) is 0. The van der Waals surface area contributed by atoms with E-state index in [9.17, 15) is 0 Å². The van der Waals surface area contributed by atoms with Gasteiger partial charge in [0.25, 0.3) is 0 Å². The number of aliphatic carboxylic acids is 6. The molecule has 0 aliphatic carbocycles. The van der Waals surface area contributed by atoms with Crippen molar-refractivity contribution >= 4 is 82.0 Å². The van der Waals surface area contributed by atoms with Crippen molar-refractivity contribution in [3.05, 3.63) is 0 Å². The third kappa shape index (κ3) is 45.5. The molecule has 0 aromatic carbocycles. The molecule has 0 aliphatic rings. The van der Waals surface area contributed by atoms with Crippen molar-refractivity contribution in [3.63, 3.8) is 0 Å². The zero-order chi connectivity index (χ0) is 15.5. The molecule has 0 aliphatic heterocycles. The minimum absolute atomic E-state index is 0. The van der Waals surface area contributed by atoms with Gasteiger partial charge in [0.2, 0.25) is 0 Å². The first-order chi connectivity index (χ1) is 7.93. The number of carboxylic acids is 6. The fourth-order valence-corrected chi connectivity index (χ4v) is 0. The van der Waals surface area contributed by atoms with Crippen molar-refractivity contribution in [1.29, 1.82) is 0 Å². The number of rotatable bonds is 0. The first-order valence-corrected chi connectivity index (χ1v) is 3.20. The van der Waals surface area contributed by atoms with Crippen LogP contribution in [-0.4, -0.2) is 82.0 Å². The number of carboxylic acid groups (broad SMARTS) is 6. The summed E-state index contributed by atoms with van der Waals surface area (Å²) < 4.78 is 0. The molecule has 0 fully saturated rings. The van der Waals surface area contributed by atoms with E-state index in [1.807, 2.05) is 0 Å². The first-order valence-electron chi connectivity index (χ1n) is 3.20. The smallest absolute Gasteiger partial charge is 0.543 e. The number of hydrogen-bond donors (Lipinski definition) is 0. The maximum Gasteiger partial charge on any atom is 3.00 e. The number of carbonyl (C=O) groups is 6. The van der Waals surface area contributed by atoms with Crippen molar-refractivity contribution < 1.29 is 78.3 Å². The summed E-state index contributed by atoms with van der Waals surface area (Å²) in [5, 5.41) is 53.6. The molecule has 12 nitrogen and oxygen atoms in total. The Morgan fingerprint density at radius 1 is 0.429 bits per heavy atom. The molecule has 0 saturated carbocycles. The average molecular weight is 322 g/mol. The van der Waals surface area contributed by atoms with Crippen molar-refractivity contribution in [1.82, 2.24) is 0 Å². The van der Waals surface area contributed by atoms with Crippen molar-refractivity contribution in [2.75, 3.05) is 0 Å². The molecule has 15 heteroatoms. The van der Waals surface area contributed by atoms with E-state index in [1.54, 1.807) is 0 Å². The first kappa shape index (κ1) is 36.7. The molecule has 0 aromatic rings. The average Bonchev–Trinajstić information content (AvgIpc) is 2.18. The molecule has 0 aromatic heterocycles. The van der Waals surface area contributed by atoms with Crippen LogP contribution < -0.4 is 49.5 Å². The van der Waals surface area contributed by atoms with Crippen LogP contribution in [0.4, 0.5) is 0 Å². The molecule has 0 heterocycles. The van der Waals surface area contributed by atoms with E-state index in [4.69, 9.17) is 59.4 Å². The van der Waals surface area contributed by atoms with Gasteiger partial charge >= 0.3 is 65.0 Å². The molecular weight excluding hydrogens is 322 g/mol. The van der Waals surface area contributed by atoms with Gasteiger partial charge in [-0.3, -0.25) is 0 Å². The Kier molecular flexibility index (Phi) is 36.8. The van der Waals surface area contributed by atoms with Crippen LogP contribution in [-0.2, 0) is 28.8 Å². The summed E-state index contributed by atoms with van der Waals surface area (Å²) >= 11 is 0. The Morgan fingerprint density at radius 2 is 0.476 bits per heavy atom. The SMILES string of the molecule is O=C([O-])C(=O)[O-].O=C([O-])C(=O)[O-].O=C([O-])C(=O)[O-].[B+3].[Ca+2].[Li+]. The van der Waals surface area contributed by atoms with Crippen LogP contribution in [0.1, 0.15) is 0 Å². The van der Waals surface area contributed by atoms with Crippen molar-refractivity contribution in [2.24, 2.45) is 0 Å². The summed E-state index contributed by atoms with van der Waals surface area (Å²) in [4.78, 5) is 53.6. The van der Waals surface area contributed by atoms with Gasteiger partial charge in [-0.05, 0) is 0 Å². The minimum Gasteiger partial charge on any atom is -0.543 e. The van der Waals surface area contributed by atoms with Crippen LogP contribution in [0, 0.1) is 0 Å². The maximum atomic E-state index is 8.93. The van der Waals surface area contributed by atoms with Crippen molar-refractivity contribution in [2.45, 2.75) is 0 Å². The van der Waals surface area contributed by atoms with E-state index in [0.717, 1.165) is 0 Å². The zero-order valence-electron chi connectivity index (χ0n) is 10.2. The number of hydrogen-bond acceptors (Lipinski definition) is 12. The van der Waals surface area contributed by atoms with Gasteiger partial charge in [0, 0.05) is 0 Å². The fourth-order valence-electron chi connectivity index (χ4n) is 0. The maximum absolute atomic E-state index is 8.93. The van der Waals surface area contributed by atoms with Crippen LogP contribution in [0.3, 0.4) is 0 Å². The van der Waals surface area contributed by atoms with E-state index in [-0.39, 0.29) is 65.0 Å². The topological polar surface area (TPSA) is 241 Å². The molecule has 0 radical (unpaired) electrons. The van der Waals surface area contributed by atoms with Crippen LogP contribution in [0.5, 0.6) is 0 Å². The van der Waals surface area contributed by atoms with E-state index in [1.165, 1.54) is 0 Å². The molecule has 0 bridgehead atoms. The Labute approximate surface area is 159 Å². The minimum atomic E-state index is -2.19. The van der Waals surface area contributed by atoms with Gasteiger partial charge in [0.1, 0.15) is 0 Å². The molecule has 0 saturated heterocycles. The number of carbonyl (C=O) groups excluding carboxylic acids is 6. The van der Waals surface area contributed by atoms with Crippen LogP contribution in [0.25, 0.3) is 0 Å². The monoisotopic (exact) mass is 322 g/mol. The molecule has 102 valence electrons. The van der Waals surface area contributed by atoms with Gasteiger partial charge in [0.15, 0.2) is 0 Å². The second kappa shape index (κ2) is 21.0. The largest absolute Gasteiger partial charge is 3.00 e. The van der Waals surface area contributed by atoms with E-state index in [2.05, 4.69) is 0 Å². The molecule has 0 spiro atoms.